The molecule has 0 radical (unpaired) electrons. The molecule has 0 N–H and O–H groups in total. The normalized spacial score (nSPS) is 11.5. The summed E-state index contributed by atoms with van der Waals surface area (Å²) in [5.74, 6) is 1.77. The summed E-state index contributed by atoms with van der Waals surface area (Å²) in [4.78, 5) is 16.1. The van der Waals surface area contributed by atoms with Gasteiger partial charge in [0.2, 0.25) is 0 Å². The predicted molar refractivity (Wildman–Crippen MR) is 332 cm³/mol. The highest BCUT2D eigenvalue weighted by molar-refractivity contribution is 6.18. The molecule has 80 heavy (non-hydrogen) atoms. The molecule has 0 amide bonds. The minimum absolute atomic E-state index is 0.578. The second-order valence-corrected chi connectivity index (χ2v) is 20.3. The molecule has 0 aliphatic heterocycles. The Kier molecular flexibility index (Phi) is 11.4. The molecular weight excluding hydrogens is 971 g/mol. The molecule has 0 fully saturated rings. The molecule has 0 saturated heterocycles. The van der Waals surface area contributed by atoms with E-state index < -0.39 is 0 Å². The molecule has 0 unspecified atom stereocenters. The molecule has 0 atom stereocenters. The van der Waals surface area contributed by atoms with E-state index in [0.717, 1.165) is 94.6 Å². The van der Waals surface area contributed by atoms with Crippen molar-refractivity contribution >= 4 is 43.6 Å². The van der Waals surface area contributed by atoms with Gasteiger partial charge >= 0.3 is 0 Å². The van der Waals surface area contributed by atoms with Gasteiger partial charge in [0, 0.05) is 55.0 Å². The largest absolute Gasteiger partial charge is 0.309 e. The number of hydrogen-bond donors (Lipinski definition) is 0. The van der Waals surface area contributed by atoms with Crippen molar-refractivity contribution in [2.75, 3.05) is 0 Å². The minimum atomic E-state index is 0.578. The summed E-state index contributed by atoms with van der Waals surface area (Å²) in [6.07, 6.45) is 0. The van der Waals surface area contributed by atoms with Crippen molar-refractivity contribution in [2.24, 2.45) is 0 Å². The van der Waals surface area contributed by atoms with Crippen LogP contribution in [0.5, 0.6) is 0 Å². The third-order valence-corrected chi connectivity index (χ3v) is 15.6. The van der Waals surface area contributed by atoms with Gasteiger partial charge in [0.25, 0.3) is 0 Å². The Morgan fingerprint density at radius 2 is 0.575 bits per heavy atom. The predicted octanol–water partition coefficient (Wildman–Crippen LogP) is 19.4. The number of aromatic nitrogens is 5. The second kappa shape index (κ2) is 19.7. The molecule has 3 aromatic heterocycles. The minimum Gasteiger partial charge on any atom is -0.309 e. The maximum Gasteiger partial charge on any atom is 0.164 e. The monoisotopic (exact) mass is 1020 g/mol. The molecule has 0 aliphatic carbocycles. The van der Waals surface area contributed by atoms with Gasteiger partial charge in [-0.05, 0) is 93.0 Å². The first-order valence-electron chi connectivity index (χ1n) is 27.2. The highest BCUT2D eigenvalue weighted by atomic mass is 15.0. The van der Waals surface area contributed by atoms with Crippen molar-refractivity contribution in [2.45, 2.75) is 0 Å². The van der Waals surface area contributed by atoms with Crippen LogP contribution in [-0.2, 0) is 0 Å². The molecule has 5 heteroatoms. The Morgan fingerprint density at radius 3 is 1.05 bits per heavy atom. The highest BCUT2D eigenvalue weighted by Gasteiger charge is 2.25. The van der Waals surface area contributed by atoms with Crippen molar-refractivity contribution in [3.63, 3.8) is 0 Å². The van der Waals surface area contributed by atoms with E-state index in [4.69, 9.17) is 15.0 Å². The Hall–Kier alpha value is -10.8. The zero-order chi connectivity index (χ0) is 52.9. The van der Waals surface area contributed by atoms with Gasteiger partial charge in [0.05, 0.1) is 27.8 Å². The lowest BCUT2D eigenvalue weighted by Crippen LogP contribution is -2.04. The lowest BCUT2D eigenvalue weighted by Gasteiger charge is -2.21. The molecule has 374 valence electrons. The van der Waals surface area contributed by atoms with E-state index >= 15 is 0 Å². The molecule has 15 aromatic rings. The SMILES string of the molecule is c1ccc(-c2ccc(-c3nc(-c4ccc(-c5ccccc5)cc4)nc(-c4cc(-c5ccccc5)c(-n5c6ccc(-n7c8ccccc8c8ccccc87)cc6c6c(-c7ccccc7)cccc65)c(-c5ccccc5)c4)n3)cc2)cc1. The number of rotatable bonds is 10. The third-order valence-electron chi connectivity index (χ3n) is 15.6. The molecule has 0 bridgehead atoms. The molecular formula is C75H49N5. The van der Waals surface area contributed by atoms with E-state index in [1.807, 2.05) is 12.1 Å². The van der Waals surface area contributed by atoms with Gasteiger partial charge in [0.15, 0.2) is 17.5 Å². The Morgan fingerprint density at radius 1 is 0.212 bits per heavy atom. The van der Waals surface area contributed by atoms with Crippen molar-refractivity contribution in [1.29, 1.82) is 0 Å². The lowest BCUT2D eigenvalue weighted by molar-refractivity contribution is 1.07. The van der Waals surface area contributed by atoms with Crippen LogP contribution in [0.25, 0.3) is 145 Å². The van der Waals surface area contributed by atoms with Gasteiger partial charge in [-0.15, -0.1) is 0 Å². The average molecular weight is 1020 g/mol. The summed E-state index contributed by atoms with van der Waals surface area (Å²) in [5, 5.41) is 4.80. The summed E-state index contributed by atoms with van der Waals surface area (Å²) in [6.45, 7) is 0. The average Bonchev–Trinajstić information content (AvgIpc) is 4.11. The Balaban J connectivity index is 0.998. The van der Waals surface area contributed by atoms with Crippen LogP contribution in [0, 0.1) is 0 Å². The van der Waals surface area contributed by atoms with E-state index in [1.54, 1.807) is 0 Å². The molecule has 3 heterocycles. The molecule has 0 saturated carbocycles. The number of benzene rings is 12. The summed E-state index contributed by atoms with van der Waals surface area (Å²) < 4.78 is 4.93. The zero-order valence-corrected chi connectivity index (χ0v) is 43.5. The summed E-state index contributed by atoms with van der Waals surface area (Å²) in [6, 6.07) is 106. The van der Waals surface area contributed by atoms with Crippen LogP contribution >= 0.6 is 0 Å². The van der Waals surface area contributed by atoms with Gasteiger partial charge in [-0.2, -0.15) is 0 Å². The smallest absolute Gasteiger partial charge is 0.164 e. The second-order valence-electron chi connectivity index (χ2n) is 20.3. The quantitative estimate of drug-likeness (QED) is 0.137. The van der Waals surface area contributed by atoms with Crippen LogP contribution in [0.1, 0.15) is 0 Å². The zero-order valence-electron chi connectivity index (χ0n) is 43.5. The topological polar surface area (TPSA) is 48.5 Å². The lowest BCUT2D eigenvalue weighted by atomic mass is 9.92. The molecule has 0 spiro atoms. The molecule has 5 nitrogen and oxygen atoms in total. The van der Waals surface area contributed by atoms with Gasteiger partial charge in [-0.3, -0.25) is 0 Å². The Bertz CT molecular complexity index is 4550. The van der Waals surface area contributed by atoms with Gasteiger partial charge < -0.3 is 9.13 Å². The highest BCUT2D eigenvalue weighted by Crippen LogP contribution is 2.47. The van der Waals surface area contributed by atoms with E-state index in [1.165, 1.54) is 32.8 Å². The standard InChI is InChI=1S/C75H49N5/c1-6-21-50(22-7-1)52-37-41-57(42-38-52)73-76-74(58-43-39-53(40-44-58)51-23-8-2-9-24-51)78-75(77-73)59-47-64(55-27-12-4-13-28-55)72(65(48-59)56-29-14-5-15-30-56)80-69-46-45-60(79-67-34-18-16-31-62(67)63-32-17-19-35-68(63)79)49-66(69)71-61(33-20-36-70(71)80)54-25-10-3-11-26-54/h1-49H. The Labute approximate surface area is 463 Å². The van der Waals surface area contributed by atoms with E-state index in [0.29, 0.717) is 17.5 Å². The fraction of sp³-hybridized carbons (Fsp3) is 0. The maximum absolute atomic E-state index is 5.42. The molecule has 15 rings (SSSR count). The van der Waals surface area contributed by atoms with Gasteiger partial charge in [-0.25, -0.2) is 15.0 Å². The first-order valence-corrected chi connectivity index (χ1v) is 27.2. The van der Waals surface area contributed by atoms with Crippen molar-refractivity contribution in [3.8, 4) is 101 Å². The number of hydrogen-bond acceptors (Lipinski definition) is 3. The summed E-state index contributed by atoms with van der Waals surface area (Å²) in [7, 11) is 0. The van der Waals surface area contributed by atoms with Crippen LogP contribution < -0.4 is 0 Å². The van der Waals surface area contributed by atoms with E-state index in [2.05, 4.69) is 294 Å². The third kappa shape index (κ3) is 8.15. The van der Waals surface area contributed by atoms with E-state index in [9.17, 15) is 0 Å². The van der Waals surface area contributed by atoms with Gasteiger partial charge in [0.1, 0.15) is 0 Å². The van der Waals surface area contributed by atoms with Crippen LogP contribution in [0.15, 0.2) is 297 Å². The van der Waals surface area contributed by atoms with Crippen LogP contribution in [0.4, 0.5) is 0 Å². The maximum atomic E-state index is 5.42. The fourth-order valence-electron chi connectivity index (χ4n) is 11.8. The van der Waals surface area contributed by atoms with Crippen LogP contribution in [-0.4, -0.2) is 24.1 Å². The van der Waals surface area contributed by atoms with E-state index in [-0.39, 0.29) is 0 Å². The number of para-hydroxylation sites is 2. The molecule has 12 aromatic carbocycles. The van der Waals surface area contributed by atoms with Crippen molar-refractivity contribution < 1.29 is 0 Å². The number of fused-ring (bicyclic) bond motifs is 6. The summed E-state index contributed by atoms with van der Waals surface area (Å²) >= 11 is 0. The summed E-state index contributed by atoms with van der Waals surface area (Å²) in [5.41, 5.74) is 20.5. The van der Waals surface area contributed by atoms with Crippen LogP contribution in [0.2, 0.25) is 0 Å². The van der Waals surface area contributed by atoms with Crippen molar-refractivity contribution in [1.82, 2.24) is 24.1 Å². The first-order chi connectivity index (χ1) is 39.7. The first kappa shape index (κ1) is 46.5. The number of nitrogens with zero attached hydrogens (tertiary/aromatic N) is 5. The molecule has 0 aliphatic rings. The van der Waals surface area contributed by atoms with Crippen molar-refractivity contribution in [3.05, 3.63) is 297 Å². The fourth-order valence-corrected chi connectivity index (χ4v) is 11.8. The van der Waals surface area contributed by atoms with Gasteiger partial charge in [-0.1, -0.05) is 249 Å². The van der Waals surface area contributed by atoms with Crippen LogP contribution in [0.3, 0.4) is 0 Å².